The largest absolute Gasteiger partial charge is 0.325 e. The van der Waals surface area contributed by atoms with Crippen molar-refractivity contribution < 1.29 is 4.79 Å². The van der Waals surface area contributed by atoms with Gasteiger partial charge < -0.3 is 5.32 Å². The van der Waals surface area contributed by atoms with Gasteiger partial charge in [-0.15, -0.1) is 0 Å². The number of aromatic nitrogens is 2. The van der Waals surface area contributed by atoms with Gasteiger partial charge in [0.05, 0.1) is 0 Å². The zero-order valence-electron chi connectivity index (χ0n) is 16.0. The Labute approximate surface area is 164 Å². The molecule has 0 aliphatic rings. The fraction of sp³-hybridized carbons (Fsp3) is 0.286. The quantitative estimate of drug-likeness (QED) is 0.562. The summed E-state index contributed by atoms with van der Waals surface area (Å²) in [7, 11) is 0. The number of nitrogens with one attached hydrogen (secondary N) is 2. The molecule has 3 rings (SSSR count). The van der Waals surface area contributed by atoms with Crippen LogP contribution in [0.4, 0.5) is 15.6 Å². The number of amides is 2. The molecule has 0 aliphatic carbocycles. The molecule has 27 heavy (non-hydrogen) atoms. The van der Waals surface area contributed by atoms with E-state index in [2.05, 4.69) is 59.8 Å². The third-order valence-corrected chi connectivity index (χ3v) is 4.92. The maximum absolute atomic E-state index is 12.6. The zero-order chi connectivity index (χ0) is 19.4. The molecule has 0 radical (unpaired) electrons. The second kappa shape index (κ2) is 8.31. The van der Waals surface area contributed by atoms with Crippen molar-refractivity contribution in [3.8, 4) is 11.4 Å². The van der Waals surface area contributed by atoms with Crippen LogP contribution in [0.5, 0.6) is 0 Å². The van der Waals surface area contributed by atoms with Gasteiger partial charge in [0.1, 0.15) is 0 Å². The predicted octanol–water partition coefficient (Wildman–Crippen LogP) is 6.10. The molecule has 3 aromatic rings. The van der Waals surface area contributed by atoms with E-state index >= 15 is 0 Å². The van der Waals surface area contributed by atoms with Crippen LogP contribution < -0.4 is 10.6 Å². The normalized spacial score (nSPS) is 11.0. The Morgan fingerprint density at radius 3 is 2.11 bits per heavy atom. The summed E-state index contributed by atoms with van der Waals surface area (Å²) in [6.45, 7) is 8.50. The number of urea groups is 1. The molecular formula is C21H24N4OS. The lowest BCUT2D eigenvalue weighted by atomic mass is 9.93. The highest BCUT2D eigenvalue weighted by Crippen LogP contribution is 2.32. The first-order chi connectivity index (χ1) is 13.0. The fourth-order valence-electron chi connectivity index (χ4n) is 2.92. The van der Waals surface area contributed by atoms with Gasteiger partial charge in [-0.2, -0.15) is 9.36 Å². The Morgan fingerprint density at radius 1 is 0.889 bits per heavy atom. The number of anilines is 2. The van der Waals surface area contributed by atoms with E-state index in [4.69, 9.17) is 0 Å². The highest BCUT2D eigenvalue weighted by Gasteiger charge is 2.17. The maximum atomic E-state index is 12.6. The van der Waals surface area contributed by atoms with E-state index in [1.165, 1.54) is 11.5 Å². The summed E-state index contributed by atoms with van der Waals surface area (Å²) in [6, 6.07) is 15.6. The standard InChI is InChI=1S/C21H24N4OS/c1-13(2)16-11-8-12-17(14(3)4)18(16)22-20(26)24-21-23-19(25-27-21)15-9-6-5-7-10-15/h5-14H,1-4H3,(H2,22,23,24,25,26). The van der Waals surface area contributed by atoms with Crippen LogP contribution in [0.2, 0.25) is 0 Å². The molecular weight excluding hydrogens is 356 g/mol. The number of para-hydroxylation sites is 1. The van der Waals surface area contributed by atoms with E-state index in [1.54, 1.807) is 0 Å². The molecule has 0 saturated heterocycles. The number of nitrogens with zero attached hydrogens (tertiary/aromatic N) is 2. The van der Waals surface area contributed by atoms with Crippen molar-refractivity contribution in [2.45, 2.75) is 39.5 Å². The third-order valence-electron chi connectivity index (χ3n) is 4.29. The summed E-state index contributed by atoms with van der Waals surface area (Å²) in [4.78, 5) is 17.0. The van der Waals surface area contributed by atoms with Crippen LogP contribution in [0.1, 0.15) is 50.7 Å². The summed E-state index contributed by atoms with van der Waals surface area (Å²) in [5.74, 6) is 1.23. The van der Waals surface area contributed by atoms with Crippen molar-refractivity contribution in [2.24, 2.45) is 0 Å². The molecule has 1 heterocycles. The molecule has 1 aromatic heterocycles. The van der Waals surface area contributed by atoms with Crippen molar-refractivity contribution in [1.82, 2.24) is 9.36 Å². The Kier molecular flexibility index (Phi) is 5.86. The molecule has 2 aromatic carbocycles. The minimum absolute atomic E-state index is 0.305. The van der Waals surface area contributed by atoms with Gasteiger partial charge in [0.2, 0.25) is 5.13 Å². The number of rotatable bonds is 5. The molecule has 0 spiro atoms. The molecule has 0 aliphatic heterocycles. The van der Waals surface area contributed by atoms with Gasteiger partial charge in [0.25, 0.3) is 0 Å². The molecule has 6 heteroatoms. The van der Waals surface area contributed by atoms with Crippen LogP contribution in [0.3, 0.4) is 0 Å². The van der Waals surface area contributed by atoms with E-state index in [0.29, 0.717) is 22.8 Å². The Balaban J connectivity index is 1.78. The average molecular weight is 381 g/mol. The molecule has 0 bridgehead atoms. The van der Waals surface area contributed by atoms with Crippen molar-refractivity contribution >= 4 is 28.4 Å². The monoisotopic (exact) mass is 380 g/mol. The van der Waals surface area contributed by atoms with Crippen molar-refractivity contribution in [2.75, 3.05) is 10.6 Å². The number of carbonyl (C=O) groups is 1. The van der Waals surface area contributed by atoms with Crippen molar-refractivity contribution in [3.05, 3.63) is 59.7 Å². The zero-order valence-corrected chi connectivity index (χ0v) is 16.8. The van der Waals surface area contributed by atoms with Gasteiger partial charge in [-0.25, -0.2) is 4.79 Å². The fourth-order valence-corrected chi connectivity index (χ4v) is 3.50. The lowest BCUT2D eigenvalue weighted by molar-refractivity contribution is 0.262. The first kappa shape index (κ1) is 19.0. The topological polar surface area (TPSA) is 66.9 Å². The number of carbonyl (C=O) groups excluding carboxylic acids is 1. The van der Waals surface area contributed by atoms with Crippen LogP contribution in [0.25, 0.3) is 11.4 Å². The van der Waals surface area contributed by atoms with E-state index < -0.39 is 0 Å². The van der Waals surface area contributed by atoms with Crippen molar-refractivity contribution in [1.29, 1.82) is 0 Å². The molecule has 2 amide bonds. The first-order valence-corrected chi connectivity index (χ1v) is 9.83. The highest BCUT2D eigenvalue weighted by molar-refractivity contribution is 7.10. The van der Waals surface area contributed by atoms with Gasteiger partial charge in [0, 0.05) is 22.8 Å². The summed E-state index contributed by atoms with van der Waals surface area (Å²) >= 11 is 1.17. The number of benzene rings is 2. The molecule has 5 nitrogen and oxygen atoms in total. The van der Waals surface area contributed by atoms with E-state index in [0.717, 1.165) is 22.4 Å². The van der Waals surface area contributed by atoms with Gasteiger partial charge in [0.15, 0.2) is 5.82 Å². The van der Waals surface area contributed by atoms with Gasteiger partial charge >= 0.3 is 6.03 Å². The molecule has 2 N–H and O–H groups in total. The highest BCUT2D eigenvalue weighted by atomic mass is 32.1. The first-order valence-electron chi connectivity index (χ1n) is 9.05. The smallest absolute Gasteiger partial charge is 0.307 e. The molecule has 140 valence electrons. The molecule has 0 saturated carbocycles. The minimum Gasteiger partial charge on any atom is -0.307 e. The Hall–Kier alpha value is -2.73. The second-order valence-electron chi connectivity index (χ2n) is 6.99. The molecule has 0 atom stereocenters. The third kappa shape index (κ3) is 4.52. The van der Waals surface area contributed by atoms with Crippen LogP contribution >= 0.6 is 11.5 Å². The van der Waals surface area contributed by atoms with Gasteiger partial charge in [-0.1, -0.05) is 76.2 Å². The number of hydrogen-bond acceptors (Lipinski definition) is 4. The summed E-state index contributed by atoms with van der Waals surface area (Å²) in [5.41, 5.74) is 4.06. The molecule has 0 unspecified atom stereocenters. The Bertz CT molecular complexity index is 893. The summed E-state index contributed by atoms with van der Waals surface area (Å²) < 4.78 is 4.33. The second-order valence-corrected chi connectivity index (χ2v) is 7.74. The average Bonchev–Trinajstić information content (AvgIpc) is 3.10. The lowest BCUT2D eigenvalue weighted by Gasteiger charge is -2.20. The van der Waals surface area contributed by atoms with E-state index in [-0.39, 0.29) is 6.03 Å². The molecule has 0 fully saturated rings. The van der Waals surface area contributed by atoms with Crippen molar-refractivity contribution in [3.63, 3.8) is 0 Å². The van der Waals surface area contributed by atoms with Crippen LogP contribution in [-0.4, -0.2) is 15.4 Å². The Morgan fingerprint density at radius 2 is 1.52 bits per heavy atom. The van der Waals surface area contributed by atoms with Gasteiger partial charge in [-0.3, -0.25) is 5.32 Å². The maximum Gasteiger partial charge on any atom is 0.325 e. The SMILES string of the molecule is CC(C)c1cccc(C(C)C)c1NC(=O)Nc1nc(-c2ccccc2)ns1. The summed E-state index contributed by atoms with van der Waals surface area (Å²) in [6.07, 6.45) is 0. The predicted molar refractivity (Wildman–Crippen MR) is 113 cm³/mol. The van der Waals surface area contributed by atoms with Crippen LogP contribution in [0.15, 0.2) is 48.5 Å². The van der Waals surface area contributed by atoms with Gasteiger partial charge in [-0.05, 0) is 23.0 Å². The summed E-state index contributed by atoms with van der Waals surface area (Å²) in [5, 5.41) is 6.31. The van der Waals surface area contributed by atoms with E-state index in [9.17, 15) is 4.79 Å². The minimum atomic E-state index is -0.305. The number of hydrogen-bond donors (Lipinski definition) is 2. The van der Waals surface area contributed by atoms with Crippen LogP contribution in [0, 0.1) is 0 Å². The van der Waals surface area contributed by atoms with E-state index in [1.807, 2.05) is 36.4 Å². The van der Waals surface area contributed by atoms with Crippen LogP contribution in [-0.2, 0) is 0 Å². The lowest BCUT2D eigenvalue weighted by Crippen LogP contribution is -2.21.